The highest BCUT2D eigenvalue weighted by Gasteiger charge is 2.28. The highest BCUT2D eigenvalue weighted by Crippen LogP contribution is 2.17. The van der Waals surface area contributed by atoms with E-state index in [1.807, 2.05) is 50.1 Å². The predicted molar refractivity (Wildman–Crippen MR) is 111 cm³/mol. The summed E-state index contributed by atoms with van der Waals surface area (Å²) in [7, 11) is 1.85. The smallest absolute Gasteiger partial charge is 0.317 e. The molecule has 0 aromatic heterocycles. The Bertz CT molecular complexity index is 636. The monoisotopic (exact) mass is 413 g/mol. The molecule has 0 bridgehead atoms. The fourth-order valence-electron chi connectivity index (χ4n) is 3.42. The van der Waals surface area contributed by atoms with Crippen LogP contribution in [0.3, 0.4) is 0 Å². The number of rotatable bonds is 9. The van der Waals surface area contributed by atoms with Crippen LogP contribution in [-0.2, 0) is 9.59 Å². The van der Waals surface area contributed by atoms with Crippen molar-refractivity contribution in [1.82, 2.24) is 15.1 Å². The Morgan fingerprint density at radius 1 is 1.36 bits per heavy atom. The minimum absolute atomic E-state index is 0. The normalized spacial score (nSPS) is 16.3. The van der Waals surface area contributed by atoms with E-state index in [-0.39, 0.29) is 36.9 Å². The van der Waals surface area contributed by atoms with Crippen LogP contribution in [0, 0.1) is 6.92 Å². The fraction of sp³-hybridized carbons (Fsp3) is 0.600. The van der Waals surface area contributed by atoms with Gasteiger partial charge < -0.3 is 15.2 Å². The molecule has 1 atom stereocenters. The number of aliphatic carboxylic acids is 1. The zero-order valence-electron chi connectivity index (χ0n) is 16.9. The van der Waals surface area contributed by atoms with E-state index in [4.69, 9.17) is 9.84 Å². The van der Waals surface area contributed by atoms with Gasteiger partial charge >= 0.3 is 5.97 Å². The predicted octanol–water partition coefficient (Wildman–Crippen LogP) is 1.78. The summed E-state index contributed by atoms with van der Waals surface area (Å²) < 4.78 is 5.65. The van der Waals surface area contributed by atoms with Crippen molar-refractivity contribution in [3.63, 3.8) is 0 Å². The lowest BCUT2D eigenvalue weighted by Gasteiger charge is -2.38. The number of carboxylic acids is 1. The SMILES string of the molecule is Cc1cccc(OCCNC(=O)C(C)N2CCC(N(C)CC(=O)O)CC2)c1.Cl. The summed E-state index contributed by atoms with van der Waals surface area (Å²) in [6.07, 6.45) is 1.75. The molecule has 1 aliphatic rings. The van der Waals surface area contributed by atoms with E-state index in [0.29, 0.717) is 13.2 Å². The summed E-state index contributed by atoms with van der Waals surface area (Å²) in [5.41, 5.74) is 1.14. The second-order valence-corrected chi connectivity index (χ2v) is 7.21. The van der Waals surface area contributed by atoms with Crippen molar-refractivity contribution in [2.24, 2.45) is 0 Å². The molecule has 0 saturated carbocycles. The van der Waals surface area contributed by atoms with Crippen LogP contribution in [0.15, 0.2) is 24.3 Å². The molecule has 1 aliphatic heterocycles. The molecule has 1 heterocycles. The molecule has 0 aliphatic carbocycles. The van der Waals surface area contributed by atoms with Crippen molar-refractivity contribution in [3.8, 4) is 5.75 Å². The van der Waals surface area contributed by atoms with Gasteiger partial charge in [-0.1, -0.05) is 12.1 Å². The van der Waals surface area contributed by atoms with Crippen LogP contribution in [0.2, 0.25) is 0 Å². The standard InChI is InChI=1S/C20H31N3O4.ClH/c1-15-5-4-6-18(13-15)27-12-9-21-20(26)16(2)23-10-7-17(8-11-23)22(3)14-19(24)25;/h4-6,13,16-17H,7-12,14H2,1-3H3,(H,21,26)(H,24,25);1H. The molecule has 1 amide bonds. The summed E-state index contributed by atoms with van der Waals surface area (Å²) in [4.78, 5) is 27.2. The Morgan fingerprint density at radius 2 is 2.04 bits per heavy atom. The maximum atomic E-state index is 12.4. The molecule has 1 unspecified atom stereocenters. The second kappa shape index (κ2) is 11.9. The van der Waals surface area contributed by atoms with Crippen molar-refractivity contribution in [2.45, 2.75) is 38.8 Å². The number of carbonyl (C=O) groups excluding carboxylic acids is 1. The number of likely N-dealkylation sites (tertiary alicyclic amines) is 1. The number of carbonyl (C=O) groups is 2. The molecular formula is C20H32ClN3O4. The van der Waals surface area contributed by atoms with Crippen LogP contribution in [0.5, 0.6) is 5.75 Å². The van der Waals surface area contributed by atoms with E-state index in [1.54, 1.807) is 0 Å². The van der Waals surface area contributed by atoms with Gasteiger partial charge in [0.25, 0.3) is 0 Å². The lowest BCUT2D eigenvalue weighted by molar-refractivity contribution is -0.138. The topological polar surface area (TPSA) is 82.1 Å². The third-order valence-corrected chi connectivity index (χ3v) is 5.09. The summed E-state index contributed by atoms with van der Waals surface area (Å²) in [5, 5.41) is 11.8. The van der Waals surface area contributed by atoms with E-state index in [1.165, 1.54) is 0 Å². The summed E-state index contributed by atoms with van der Waals surface area (Å²) in [5.74, 6) is 0.00518. The minimum atomic E-state index is -0.805. The van der Waals surface area contributed by atoms with Crippen LogP contribution in [-0.4, -0.2) is 78.7 Å². The zero-order chi connectivity index (χ0) is 19.8. The van der Waals surface area contributed by atoms with Crippen LogP contribution in [0.4, 0.5) is 0 Å². The maximum absolute atomic E-state index is 12.4. The highest BCUT2D eigenvalue weighted by molar-refractivity contribution is 5.85. The summed E-state index contributed by atoms with van der Waals surface area (Å²) >= 11 is 0. The largest absolute Gasteiger partial charge is 0.492 e. The van der Waals surface area contributed by atoms with Crippen LogP contribution in [0.25, 0.3) is 0 Å². The number of nitrogens with zero attached hydrogens (tertiary/aromatic N) is 2. The number of benzene rings is 1. The van der Waals surface area contributed by atoms with Crippen molar-refractivity contribution in [2.75, 3.05) is 39.8 Å². The minimum Gasteiger partial charge on any atom is -0.492 e. The highest BCUT2D eigenvalue weighted by atomic mass is 35.5. The molecule has 2 N–H and O–H groups in total. The number of ether oxygens (including phenoxy) is 1. The number of halogens is 1. The van der Waals surface area contributed by atoms with Crippen LogP contribution in [0.1, 0.15) is 25.3 Å². The van der Waals surface area contributed by atoms with E-state index in [0.717, 1.165) is 37.2 Å². The van der Waals surface area contributed by atoms with Crippen molar-refractivity contribution in [1.29, 1.82) is 0 Å². The Balaban J connectivity index is 0.00000392. The van der Waals surface area contributed by atoms with Crippen LogP contribution < -0.4 is 10.1 Å². The van der Waals surface area contributed by atoms with Crippen molar-refractivity contribution < 1.29 is 19.4 Å². The first-order chi connectivity index (χ1) is 12.9. The van der Waals surface area contributed by atoms with Gasteiger partial charge in [-0.05, 0) is 51.4 Å². The molecule has 1 aromatic rings. The molecule has 1 saturated heterocycles. The van der Waals surface area contributed by atoms with Gasteiger partial charge in [0.2, 0.25) is 5.91 Å². The molecule has 0 spiro atoms. The number of hydrogen-bond acceptors (Lipinski definition) is 5. The number of aryl methyl sites for hydroxylation is 1. The lowest BCUT2D eigenvalue weighted by Crippen LogP contribution is -2.52. The molecule has 8 heteroatoms. The molecule has 2 rings (SSSR count). The van der Waals surface area contributed by atoms with Gasteiger partial charge in [-0.3, -0.25) is 19.4 Å². The first-order valence-corrected chi connectivity index (χ1v) is 9.50. The van der Waals surface area contributed by atoms with Gasteiger partial charge in [-0.2, -0.15) is 0 Å². The third-order valence-electron chi connectivity index (χ3n) is 5.09. The first kappa shape index (κ1) is 24.2. The number of likely N-dealkylation sites (N-methyl/N-ethyl adjacent to an activating group) is 1. The van der Waals surface area contributed by atoms with Gasteiger partial charge in [0, 0.05) is 19.1 Å². The molecule has 0 radical (unpaired) electrons. The van der Waals surface area contributed by atoms with Gasteiger partial charge in [0.1, 0.15) is 12.4 Å². The molecule has 158 valence electrons. The van der Waals surface area contributed by atoms with Gasteiger partial charge in [-0.25, -0.2) is 0 Å². The van der Waals surface area contributed by atoms with E-state index < -0.39 is 5.97 Å². The fourth-order valence-corrected chi connectivity index (χ4v) is 3.42. The Labute approximate surface area is 173 Å². The average molecular weight is 414 g/mol. The number of piperidine rings is 1. The molecule has 28 heavy (non-hydrogen) atoms. The quantitative estimate of drug-likeness (QED) is 0.600. The van der Waals surface area contributed by atoms with Crippen LogP contribution >= 0.6 is 12.4 Å². The van der Waals surface area contributed by atoms with Crippen molar-refractivity contribution >= 4 is 24.3 Å². The Kier molecular flexibility index (Phi) is 10.3. The number of amides is 1. The Hall–Kier alpha value is -1.83. The first-order valence-electron chi connectivity index (χ1n) is 9.50. The lowest BCUT2D eigenvalue weighted by atomic mass is 10.0. The third kappa shape index (κ3) is 7.66. The van der Waals surface area contributed by atoms with Crippen molar-refractivity contribution in [3.05, 3.63) is 29.8 Å². The average Bonchev–Trinajstić information content (AvgIpc) is 2.64. The molecular weight excluding hydrogens is 382 g/mol. The second-order valence-electron chi connectivity index (χ2n) is 7.21. The van der Waals surface area contributed by atoms with E-state index in [9.17, 15) is 9.59 Å². The van der Waals surface area contributed by atoms with E-state index >= 15 is 0 Å². The molecule has 1 fully saturated rings. The maximum Gasteiger partial charge on any atom is 0.317 e. The Morgan fingerprint density at radius 3 is 2.64 bits per heavy atom. The molecule has 1 aromatic carbocycles. The summed E-state index contributed by atoms with van der Waals surface area (Å²) in [6, 6.07) is 7.89. The van der Waals surface area contributed by atoms with Gasteiger partial charge in [-0.15, -0.1) is 12.4 Å². The molecule has 7 nitrogen and oxygen atoms in total. The van der Waals surface area contributed by atoms with E-state index in [2.05, 4.69) is 10.2 Å². The number of nitrogens with one attached hydrogen (secondary N) is 1. The number of carboxylic acid groups (broad SMARTS) is 1. The number of hydrogen-bond donors (Lipinski definition) is 2. The zero-order valence-corrected chi connectivity index (χ0v) is 17.7. The summed E-state index contributed by atoms with van der Waals surface area (Å²) in [6.45, 7) is 6.48. The van der Waals surface area contributed by atoms with Gasteiger partial charge in [0.05, 0.1) is 19.1 Å². The van der Waals surface area contributed by atoms with Gasteiger partial charge in [0.15, 0.2) is 0 Å².